The van der Waals surface area contributed by atoms with Crippen molar-refractivity contribution in [2.45, 2.75) is 62.0 Å². The maximum atomic E-state index is 14.6. The number of aryl methyl sites for hydroxylation is 2. The number of rotatable bonds is 7. The maximum absolute atomic E-state index is 14.6. The Kier molecular flexibility index (Phi) is 7.24. The largest absolute Gasteiger partial charge is 0.396 e. The summed E-state index contributed by atoms with van der Waals surface area (Å²) >= 11 is 1.63. The number of unbranched alkanes of at least 4 members (excludes halogenated alkanes) is 3. The molecule has 7 nitrogen and oxygen atoms in total. The number of para-hydroxylation sites is 1. The molecule has 5 atom stereocenters. The fourth-order valence-corrected chi connectivity index (χ4v) is 9.22. The van der Waals surface area contributed by atoms with Gasteiger partial charge in [-0.1, -0.05) is 55.3 Å². The van der Waals surface area contributed by atoms with E-state index in [0.717, 1.165) is 42.5 Å². The summed E-state index contributed by atoms with van der Waals surface area (Å²) in [7, 11) is 1.79. The van der Waals surface area contributed by atoms with Gasteiger partial charge < -0.3 is 19.8 Å². The van der Waals surface area contributed by atoms with Crippen LogP contribution >= 0.6 is 11.8 Å². The average Bonchev–Trinajstić information content (AvgIpc) is 3.14. The van der Waals surface area contributed by atoms with Crippen molar-refractivity contribution >= 4 is 35.2 Å². The van der Waals surface area contributed by atoms with Gasteiger partial charge in [0.15, 0.2) is 0 Å². The van der Waals surface area contributed by atoms with E-state index in [9.17, 15) is 14.4 Å². The summed E-state index contributed by atoms with van der Waals surface area (Å²) in [5.41, 5.74) is 2.95. The van der Waals surface area contributed by atoms with Crippen molar-refractivity contribution < 1.29 is 19.5 Å². The SMILES string of the molecule is Cc1cccc(C)c1N1CC=C[C@]23S[C@@]4(C)C=CCN(C)C(=O)[C@H]4[C@H]2C(=O)N(CCCCCCO)C3C1=O. The van der Waals surface area contributed by atoms with Crippen LogP contribution in [0, 0.1) is 25.7 Å². The Morgan fingerprint density at radius 1 is 0.921 bits per heavy atom. The molecular weight excluding hydrogens is 498 g/mol. The molecule has 38 heavy (non-hydrogen) atoms. The number of likely N-dealkylation sites (tertiary alicyclic amines) is 1. The molecule has 3 amide bonds. The first-order valence-corrected chi connectivity index (χ1v) is 14.6. The average molecular weight is 538 g/mol. The number of nitrogens with zero attached hydrogens (tertiary/aromatic N) is 3. The van der Waals surface area contributed by atoms with Gasteiger partial charge in [-0.25, -0.2) is 0 Å². The van der Waals surface area contributed by atoms with E-state index in [4.69, 9.17) is 5.11 Å². The third-order valence-electron chi connectivity index (χ3n) is 8.77. The van der Waals surface area contributed by atoms with Gasteiger partial charge in [-0.05, 0) is 44.7 Å². The summed E-state index contributed by atoms with van der Waals surface area (Å²) in [4.78, 5) is 48.0. The molecule has 1 unspecified atom stereocenters. The summed E-state index contributed by atoms with van der Waals surface area (Å²) in [6.45, 7) is 7.67. The summed E-state index contributed by atoms with van der Waals surface area (Å²) < 4.78 is -1.39. The van der Waals surface area contributed by atoms with E-state index in [1.165, 1.54) is 0 Å². The van der Waals surface area contributed by atoms with Crippen LogP contribution in [0.5, 0.6) is 0 Å². The first kappa shape index (κ1) is 27.0. The van der Waals surface area contributed by atoms with E-state index in [1.807, 2.05) is 49.1 Å². The molecule has 204 valence electrons. The molecule has 8 heteroatoms. The minimum Gasteiger partial charge on any atom is -0.396 e. The van der Waals surface area contributed by atoms with Crippen molar-refractivity contribution in [1.29, 1.82) is 0 Å². The normalized spacial score (nSPS) is 32.4. The molecule has 4 heterocycles. The van der Waals surface area contributed by atoms with E-state index in [1.54, 1.807) is 28.6 Å². The molecule has 0 saturated carbocycles. The molecule has 2 fully saturated rings. The summed E-state index contributed by atoms with van der Waals surface area (Å²) in [5, 5.41) is 9.17. The van der Waals surface area contributed by atoms with E-state index in [2.05, 4.69) is 19.1 Å². The number of benzene rings is 1. The van der Waals surface area contributed by atoms with Crippen LogP contribution in [0.25, 0.3) is 0 Å². The number of aliphatic hydroxyl groups excluding tert-OH is 1. The molecular formula is C30H39N3O4S. The van der Waals surface area contributed by atoms with Crippen molar-refractivity contribution in [2.24, 2.45) is 11.8 Å². The second-order valence-electron chi connectivity index (χ2n) is 11.4. The Morgan fingerprint density at radius 2 is 1.61 bits per heavy atom. The zero-order chi connectivity index (χ0) is 27.2. The van der Waals surface area contributed by atoms with Crippen LogP contribution in [0.1, 0.15) is 43.7 Å². The van der Waals surface area contributed by atoms with Crippen LogP contribution in [-0.2, 0) is 14.4 Å². The lowest BCUT2D eigenvalue weighted by molar-refractivity contribution is -0.143. The molecule has 2 saturated heterocycles. The topological polar surface area (TPSA) is 81.2 Å². The fraction of sp³-hybridized carbons (Fsp3) is 0.567. The predicted molar refractivity (Wildman–Crippen MR) is 151 cm³/mol. The lowest BCUT2D eigenvalue weighted by atomic mass is 9.74. The molecule has 4 aliphatic rings. The highest BCUT2D eigenvalue weighted by atomic mass is 32.2. The standard InChI is InChI=1S/C30H39N3O4S/c1-20-12-9-13-21(2)24(20)32-18-11-15-30-23(22-26(35)31(4)16-10-14-29(22,3)38-30)27(36)33(25(30)28(32)37)17-7-5-6-8-19-34/h9-15,22-23,25,34H,5-8,16-19H2,1-4H3/t22-,23+,25?,29+,30+/m1/s1. The number of hydrogen-bond donors (Lipinski definition) is 1. The van der Waals surface area contributed by atoms with E-state index < -0.39 is 27.4 Å². The number of amides is 3. The van der Waals surface area contributed by atoms with Gasteiger partial charge in [-0.3, -0.25) is 14.4 Å². The molecule has 1 spiro atoms. The van der Waals surface area contributed by atoms with Gasteiger partial charge in [-0.15, -0.1) is 11.8 Å². The van der Waals surface area contributed by atoms with Gasteiger partial charge in [0.1, 0.15) is 6.04 Å². The fourth-order valence-electron chi connectivity index (χ4n) is 7.06. The van der Waals surface area contributed by atoms with Gasteiger partial charge >= 0.3 is 0 Å². The Balaban J connectivity index is 1.60. The van der Waals surface area contributed by atoms with Crippen LogP contribution in [0.2, 0.25) is 0 Å². The second kappa shape index (κ2) is 10.2. The first-order chi connectivity index (χ1) is 18.2. The number of anilines is 1. The van der Waals surface area contributed by atoms with E-state index in [0.29, 0.717) is 19.6 Å². The first-order valence-electron chi connectivity index (χ1n) is 13.8. The number of likely N-dealkylation sites (N-methyl/N-ethyl adjacent to an activating group) is 1. The number of fused-ring (bicyclic) bond motifs is 2. The molecule has 0 aliphatic carbocycles. The molecule has 4 aliphatic heterocycles. The van der Waals surface area contributed by atoms with Crippen molar-refractivity contribution in [3.63, 3.8) is 0 Å². The van der Waals surface area contributed by atoms with Crippen molar-refractivity contribution in [3.8, 4) is 0 Å². The highest BCUT2D eigenvalue weighted by Gasteiger charge is 2.73. The Labute approximate surface area is 229 Å². The van der Waals surface area contributed by atoms with Gasteiger partial charge in [-0.2, -0.15) is 0 Å². The highest BCUT2D eigenvalue weighted by Crippen LogP contribution is 2.65. The van der Waals surface area contributed by atoms with Crippen LogP contribution < -0.4 is 4.90 Å². The molecule has 0 radical (unpaired) electrons. The lowest BCUT2D eigenvalue weighted by Crippen LogP contribution is -2.53. The summed E-state index contributed by atoms with van der Waals surface area (Å²) in [6, 6.07) is 5.35. The Bertz CT molecular complexity index is 1180. The molecule has 1 aromatic rings. The second-order valence-corrected chi connectivity index (χ2v) is 13.2. The van der Waals surface area contributed by atoms with E-state index >= 15 is 0 Å². The highest BCUT2D eigenvalue weighted by molar-refractivity contribution is 8.02. The smallest absolute Gasteiger partial charge is 0.251 e. The van der Waals surface area contributed by atoms with E-state index in [-0.39, 0.29) is 24.3 Å². The zero-order valence-corrected chi connectivity index (χ0v) is 23.7. The Morgan fingerprint density at radius 3 is 2.32 bits per heavy atom. The van der Waals surface area contributed by atoms with Gasteiger partial charge in [0.2, 0.25) is 11.8 Å². The molecule has 5 rings (SSSR count). The third-order valence-corrected chi connectivity index (χ3v) is 10.6. The van der Waals surface area contributed by atoms with Crippen molar-refractivity contribution in [2.75, 3.05) is 38.2 Å². The molecule has 0 aromatic heterocycles. The monoisotopic (exact) mass is 537 g/mol. The van der Waals surface area contributed by atoms with Gasteiger partial charge in [0.05, 0.1) is 16.6 Å². The number of carbonyl (C=O) groups is 3. The van der Waals surface area contributed by atoms with Crippen LogP contribution in [0.3, 0.4) is 0 Å². The number of thioether (sulfide) groups is 1. The Hall–Kier alpha value is -2.58. The number of carbonyl (C=O) groups excluding carboxylic acids is 3. The van der Waals surface area contributed by atoms with Gasteiger partial charge in [0, 0.05) is 43.7 Å². The van der Waals surface area contributed by atoms with Crippen LogP contribution in [0.15, 0.2) is 42.5 Å². The minimum atomic E-state index is -0.817. The third kappa shape index (κ3) is 4.11. The van der Waals surface area contributed by atoms with Crippen molar-refractivity contribution in [1.82, 2.24) is 9.80 Å². The molecule has 0 bridgehead atoms. The number of aliphatic hydroxyl groups is 1. The number of hydrogen-bond acceptors (Lipinski definition) is 5. The lowest BCUT2D eigenvalue weighted by Gasteiger charge is -2.37. The summed E-state index contributed by atoms with van der Waals surface area (Å²) in [5.74, 6) is -1.32. The predicted octanol–water partition coefficient (Wildman–Crippen LogP) is 3.47. The zero-order valence-electron chi connectivity index (χ0n) is 22.9. The maximum Gasteiger partial charge on any atom is 0.251 e. The molecule has 1 aromatic carbocycles. The quantitative estimate of drug-likeness (QED) is 0.426. The molecule has 1 N–H and O–H groups in total. The summed E-state index contributed by atoms with van der Waals surface area (Å²) in [6.07, 6.45) is 11.5. The minimum absolute atomic E-state index is 0.0273. The van der Waals surface area contributed by atoms with Gasteiger partial charge in [0.25, 0.3) is 5.91 Å². The van der Waals surface area contributed by atoms with Crippen molar-refractivity contribution in [3.05, 3.63) is 53.6 Å². The van der Waals surface area contributed by atoms with Crippen LogP contribution in [-0.4, -0.2) is 81.5 Å². The van der Waals surface area contributed by atoms with Crippen LogP contribution in [0.4, 0.5) is 5.69 Å².